The topological polar surface area (TPSA) is 16.1 Å². The van der Waals surface area contributed by atoms with E-state index in [2.05, 4.69) is 206 Å². The van der Waals surface area contributed by atoms with E-state index in [-0.39, 0.29) is 0 Å². The SMILES string of the molecule is C[Si]1(C)c2cccnc2-c2c(-c3cccc(-c4ccc(N(c5ccc(-c6ccccc6)cc5)c5ccc(-c6ccccc6)cc5)cc4)c3)cccc21. The van der Waals surface area contributed by atoms with E-state index in [4.69, 9.17) is 4.98 Å². The second-order valence-electron chi connectivity index (χ2n) is 14.0. The minimum absolute atomic E-state index is 1.11. The zero-order chi connectivity index (χ0) is 35.1. The van der Waals surface area contributed by atoms with Crippen LogP contribution in [0.2, 0.25) is 13.1 Å². The molecule has 1 aromatic heterocycles. The molecule has 1 aliphatic rings. The second-order valence-corrected chi connectivity index (χ2v) is 18.4. The Labute approximate surface area is 307 Å². The monoisotopic (exact) mass is 682 g/mol. The highest BCUT2D eigenvalue weighted by Gasteiger charge is 2.39. The summed E-state index contributed by atoms with van der Waals surface area (Å²) in [6.07, 6.45) is 1.94. The molecule has 0 saturated heterocycles. The van der Waals surface area contributed by atoms with Crippen molar-refractivity contribution in [1.82, 2.24) is 4.98 Å². The highest BCUT2D eigenvalue weighted by Crippen LogP contribution is 2.39. The number of hydrogen-bond donors (Lipinski definition) is 0. The molecular formula is C49H38N2Si. The summed E-state index contributed by atoms with van der Waals surface area (Å²) in [5, 5.41) is 2.90. The number of nitrogens with zero attached hydrogens (tertiary/aromatic N) is 2. The van der Waals surface area contributed by atoms with Gasteiger partial charge in [0, 0.05) is 28.8 Å². The van der Waals surface area contributed by atoms with Gasteiger partial charge >= 0.3 is 0 Å². The lowest BCUT2D eigenvalue weighted by Crippen LogP contribution is -2.49. The fourth-order valence-corrected chi connectivity index (χ4v) is 10.8. The van der Waals surface area contributed by atoms with Crippen LogP contribution in [0.15, 0.2) is 194 Å². The Morgan fingerprint density at radius 3 is 1.38 bits per heavy atom. The van der Waals surface area contributed by atoms with Gasteiger partial charge in [-0.3, -0.25) is 4.98 Å². The Bertz CT molecular complexity index is 2420. The van der Waals surface area contributed by atoms with Crippen LogP contribution in [0.3, 0.4) is 0 Å². The molecule has 52 heavy (non-hydrogen) atoms. The number of hydrogen-bond acceptors (Lipinski definition) is 2. The molecule has 2 nitrogen and oxygen atoms in total. The fraction of sp³-hybridized carbons (Fsp3) is 0.0408. The summed E-state index contributed by atoms with van der Waals surface area (Å²) < 4.78 is 0. The minimum Gasteiger partial charge on any atom is -0.311 e. The molecule has 9 rings (SSSR count). The predicted octanol–water partition coefficient (Wildman–Crippen LogP) is 12.0. The first-order valence-electron chi connectivity index (χ1n) is 18.0. The molecule has 3 heteroatoms. The number of anilines is 3. The van der Waals surface area contributed by atoms with Gasteiger partial charge in [-0.2, -0.15) is 0 Å². The van der Waals surface area contributed by atoms with Crippen molar-refractivity contribution in [3.63, 3.8) is 0 Å². The zero-order valence-corrected chi connectivity index (χ0v) is 30.4. The second kappa shape index (κ2) is 13.1. The lowest BCUT2D eigenvalue weighted by Gasteiger charge is -2.26. The highest BCUT2D eigenvalue weighted by molar-refractivity contribution is 7.03. The van der Waals surface area contributed by atoms with Gasteiger partial charge in [-0.15, -0.1) is 0 Å². The van der Waals surface area contributed by atoms with Gasteiger partial charge in [0.1, 0.15) is 8.07 Å². The number of aromatic nitrogens is 1. The van der Waals surface area contributed by atoms with E-state index in [1.165, 1.54) is 60.4 Å². The maximum absolute atomic E-state index is 4.91. The Morgan fingerprint density at radius 2 is 0.827 bits per heavy atom. The first-order valence-corrected chi connectivity index (χ1v) is 21.0. The predicted molar refractivity (Wildman–Crippen MR) is 223 cm³/mol. The lowest BCUT2D eigenvalue weighted by atomic mass is 9.94. The Morgan fingerprint density at radius 1 is 0.385 bits per heavy atom. The van der Waals surface area contributed by atoms with Crippen molar-refractivity contribution in [2.75, 3.05) is 4.90 Å². The summed E-state index contributed by atoms with van der Waals surface area (Å²) in [4.78, 5) is 7.25. The molecule has 7 aromatic carbocycles. The van der Waals surface area contributed by atoms with Crippen LogP contribution < -0.4 is 15.3 Å². The van der Waals surface area contributed by atoms with Crippen LogP contribution in [0.1, 0.15) is 0 Å². The van der Waals surface area contributed by atoms with E-state index in [1.54, 1.807) is 0 Å². The Balaban J connectivity index is 1.07. The van der Waals surface area contributed by atoms with Crippen molar-refractivity contribution >= 4 is 35.5 Å². The van der Waals surface area contributed by atoms with Gasteiger partial charge in [-0.25, -0.2) is 0 Å². The molecule has 248 valence electrons. The molecule has 0 unspecified atom stereocenters. The third-order valence-corrected chi connectivity index (χ3v) is 14.1. The maximum atomic E-state index is 4.91. The summed E-state index contributed by atoms with van der Waals surface area (Å²) in [7, 11) is -1.80. The van der Waals surface area contributed by atoms with E-state index in [0.29, 0.717) is 0 Å². The van der Waals surface area contributed by atoms with Gasteiger partial charge in [0.05, 0.1) is 5.69 Å². The highest BCUT2D eigenvalue weighted by atomic mass is 28.3. The molecule has 2 heterocycles. The minimum atomic E-state index is -1.80. The van der Waals surface area contributed by atoms with Gasteiger partial charge < -0.3 is 4.90 Å². The smallest absolute Gasteiger partial charge is 0.115 e. The van der Waals surface area contributed by atoms with Gasteiger partial charge in [-0.1, -0.05) is 153 Å². The Hall–Kier alpha value is -6.29. The summed E-state index contributed by atoms with van der Waals surface area (Å²) in [6.45, 7) is 4.89. The van der Waals surface area contributed by atoms with Crippen molar-refractivity contribution in [2.24, 2.45) is 0 Å². The third-order valence-electron chi connectivity index (χ3n) is 10.6. The molecule has 8 aromatic rings. The van der Waals surface area contributed by atoms with Gasteiger partial charge in [0.25, 0.3) is 0 Å². The van der Waals surface area contributed by atoms with Gasteiger partial charge in [-0.05, 0) is 103 Å². The molecule has 0 amide bonds. The average Bonchev–Trinajstić information content (AvgIpc) is 3.45. The normalized spacial score (nSPS) is 12.6. The fourth-order valence-electron chi connectivity index (χ4n) is 7.81. The molecule has 0 radical (unpaired) electrons. The van der Waals surface area contributed by atoms with Crippen LogP contribution in [-0.2, 0) is 0 Å². The number of rotatable bonds is 7. The van der Waals surface area contributed by atoms with Crippen molar-refractivity contribution in [3.8, 4) is 55.8 Å². The van der Waals surface area contributed by atoms with Crippen LogP contribution in [0.4, 0.5) is 17.1 Å². The third kappa shape index (κ3) is 5.66. The van der Waals surface area contributed by atoms with Crippen LogP contribution in [0, 0.1) is 0 Å². The molecule has 0 fully saturated rings. The van der Waals surface area contributed by atoms with Crippen molar-refractivity contribution in [3.05, 3.63) is 194 Å². The van der Waals surface area contributed by atoms with Crippen LogP contribution in [0.5, 0.6) is 0 Å². The molecule has 1 aliphatic heterocycles. The molecule has 0 aliphatic carbocycles. The molecule has 0 bridgehead atoms. The molecule has 0 N–H and O–H groups in total. The summed E-state index contributed by atoms with van der Waals surface area (Å²) in [6, 6.07) is 68.0. The Kier molecular flexibility index (Phi) is 7.99. The van der Waals surface area contributed by atoms with Crippen molar-refractivity contribution < 1.29 is 0 Å². The first kappa shape index (κ1) is 31.7. The van der Waals surface area contributed by atoms with Crippen molar-refractivity contribution in [1.29, 1.82) is 0 Å². The molecule has 0 atom stereocenters. The largest absolute Gasteiger partial charge is 0.311 e. The molecule has 0 saturated carbocycles. The van der Waals surface area contributed by atoms with Crippen LogP contribution in [-0.4, -0.2) is 13.1 Å². The zero-order valence-electron chi connectivity index (χ0n) is 29.4. The van der Waals surface area contributed by atoms with Crippen molar-refractivity contribution in [2.45, 2.75) is 13.1 Å². The quantitative estimate of drug-likeness (QED) is 0.156. The van der Waals surface area contributed by atoms with E-state index < -0.39 is 8.07 Å². The number of pyridine rings is 1. The van der Waals surface area contributed by atoms with E-state index >= 15 is 0 Å². The summed E-state index contributed by atoms with van der Waals surface area (Å²) in [5.41, 5.74) is 15.5. The molecule has 0 spiro atoms. The average molecular weight is 683 g/mol. The first-order chi connectivity index (χ1) is 25.5. The van der Waals surface area contributed by atoms with E-state index in [9.17, 15) is 0 Å². The number of fused-ring (bicyclic) bond motifs is 3. The van der Waals surface area contributed by atoms with Gasteiger partial charge in [0.15, 0.2) is 0 Å². The summed E-state index contributed by atoms with van der Waals surface area (Å²) >= 11 is 0. The van der Waals surface area contributed by atoms with E-state index in [1.807, 2.05) is 6.20 Å². The van der Waals surface area contributed by atoms with Gasteiger partial charge in [0.2, 0.25) is 0 Å². The molecular weight excluding hydrogens is 645 g/mol. The standard InChI is InChI=1S/C49H38N2Si/c1-52(2)46-19-10-18-45(48(46)49-47(52)20-11-33-50-49)41-17-9-16-40(34-41)39-25-31-44(32-26-39)51(42-27-21-37(22-28-42)35-12-5-3-6-13-35)43-29-23-38(24-30-43)36-14-7-4-8-15-36/h3-34H,1-2H3. The summed E-state index contributed by atoms with van der Waals surface area (Å²) in [5.74, 6) is 0. The number of benzene rings is 7. The van der Waals surface area contributed by atoms with Crippen LogP contribution in [0.25, 0.3) is 55.8 Å². The lowest BCUT2D eigenvalue weighted by molar-refractivity contribution is 1.28. The van der Waals surface area contributed by atoms with E-state index in [0.717, 1.165) is 22.8 Å². The maximum Gasteiger partial charge on any atom is 0.115 e. The van der Waals surface area contributed by atoms with Crippen LogP contribution >= 0.6 is 0 Å².